The van der Waals surface area contributed by atoms with Gasteiger partial charge in [0.05, 0.1) is 7.11 Å². The normalized spacial score (nSPS) is 11.7. The molecule has 122 valence electrons. The van der Waals surface area contributed by atoms with E-state index in [0.29, 0.717) is 0 Å². The molecule has 2 rings (SSSR count). The fourth-order valence-electron chi connectivity index (χ4n) is 2.64. The van der Waals surface area contributed by atoms with Crippen LogP contribution in [0.25, 0.3) is 0 Å². The Morgan fingerprint density at radius 3 is 2.48 bits per heavy atom. The van der Waals surface area contributed by atoms with E-state index in [9.17, 15) is 4.79 Å². The number of methoxy groups -OCH3 is 1. The van der Waals surface area contributed by atoms with Crippen LogP contribution in [-0.4, -0.2) is 19.2 Å². The van der Waals surface area contributed by atoms with Gasteiger partial charge >= 0.3 is 6.03 Å². The first-order valence-electron chi connectivity index (χ1n) is 7.75. The van der Waals surface area contributed by atoms with Gasteiger partial charge in [0, 0.05) is 11.7 Å². The second-order valence-corrected chi connectivity index (χ2v) is 5.93. The molecule has 0 spiro atoms. The zero-order valence-corrected chi connectivity index (χ0v) is 14.1. The van der Waals surface area contributed by atoms with Crippen LogP contribution in [0.3, 0.4) is 0 Å². The van der Waals surface area contributed by atoms with Gasteiger partial charge in [-0.25, -0.2) is 4.79 Å². The van der Waals surface area contributed by atoms with Gasteiger partial charge in [-0.05, 0) is 68.1 Å². The van der Waals surface area contributed by atoms with Gasteiger partial charge in [-0.2, -0.15) is 0 Å². The molecule has 0 fully saturated rings. The first kappa shape index (κ1) is 16.9. The number of anilines is 1. The lowest BCUT2D eigenvalue weighted by Gasteiger charge is -2.15. The Bertz CT molecular complexity index is 663. The molecule has 0 aliphatic carbocycles. The van der Waals surface area contributed by atoms with Gasteiger partial charge in [0.1, 0.15) is 5.75 Å². The third-order valence-corrected chi connectivity index (χ3v) is 3.53. The largest absolute Gasteiger partial charge is 0.497 e. The molecule has 0 radical (unpaired) electrons. The molecule has 4 nitrogen and oxygen atoms in total. The molecule has 0 saturated heterocycles. The number of benzene rings is 2. The predicted molar refractivity (Wildman–Crippen MR) is 94.2 cm³/mol. The van der Waals surface area contributed by atoms with Crippen molar-refractivity contribution in [2.75, 3.05) is 12.4 Å². The molecule has 0 bridgehead atoms. The number of aryl methyl sites for hydroxylation is 2. The lowest BCUT2D eigenvalue weighted by molar-refractivity contribution is 0.249. The highest BCUT2D eigenvalue weighted by atomic mass is 16.5. The maximum Gasteiger partial charge on any atom is 0.319 e. The summed E-state index contributed by atoms with van der Waals surface area (Å²) in [5, 5.41) is 5.85. The number of carbonyl (C=O) groups is 1. The number of amides is 2. The predicted octanol–water partition coefficient (Wildman–Crippen LogP) is 4.06. The molecule has 2 aromatic carbocycles. The van der Waals surface area contributed by atoms with E-state index in [4.69, 9.17) is 4.74 Å². The highest BCUT2D eigenvalue weighted by molar-refractivity contribution is 5.89. The fraction of sp³-hybridized carbons (Fsp3) is 0.316. The minimum Gasteiger partial charge on any atom is -0.497 e. The molecule has 0 aromatic heterocycles. The molecule has 1 atom stereocenters. The number of rotatable bonds is 5. The summed E-state index contributed by atoms with van der Waals surface area (Å²) in [5.74, 6) is 0.828. The Kier molecular flexibility index (Phi) is 5.63. The van der Waals surface area contributed by atoms with Gasteiger partial charge in [-0.3, -0.25) is 0 Å². The van der Waals surface area contributed by atoms with Crippen LogP contribution in [0.1, 0.15) is 23.6 Å². The molecule has 2 aromatic rings. The zero-order valence-electron chi connectivity index (χ0n) is 14.1. The van der Waals surface area contributed by atoms with Crippen LogP contribution in [0, 0.1) is 13.8 Å². The number of urea groups is 1. The second kappa shape index (κ2) is 7.68. The fourth-order valence-corrected chi connectivity index (χ4v) is 2.64. The van der Waals surface area contributed by atoms with Crippen LogP contribution >= 0.6 is 0 Å². The summed E-state index contributed by atoms with van der Waals surface area (Å²) >= 11 is 0. The molecule has 23 heavy (non-hydrogen) atoms. The van der Waals surface area contributed by atoms with Crippen LogP contribution in [0.4, 0.5) is 10.5 Å². The maximum absolute atomic E-state index is 12.1. The minimum atomic E-state index is -0.189. The van der Waals surface area contributed by atoms with E-state index in [1.54, 1.807) is 7.11 Å². The van der Waals surface area contributed by atoms with Crippen molar-refractivity contribution in [1.82, 2.24) is 5.32 Å². The van der Waals surface area contributed by atoms with Crippen molar-refractivity contribution in [3.05, 3.63) is 59.2 Å². The zero-order chi connectivity index (χ0) is 16.8. The van der Waals surface area contributed by atoms with Gasteiger partial charge in [-0.15, -0.1) is 0 Å². The summed E-state index contributed by atoms with van der Waals surface area (Å²) in [5.41, 5.74) is 4.20. The summed E-state index contributed by atoms with van der Waals surface area (Å²) < 4.78 is 5.22. The number of ether oxygens (including phenoxy) is 1. The van der Waals surface area contributed by atoms with Crippen LogP contribution in [0.2, 0.25) is 0 Å². The van der Waals surface area contributed by atoms with E-state index >= 15 is 0 Å². The van der Waals surface area contributed by atoms with Crippen LogP contribution in [-0.2, 0) is 6.42 Å². The minimum absolute atomic E-state index is 0.0213. The van der Waals surface area contributed by atoms with E-state index in [1.807, 2.05) is 57.2 Å². The van der Waals surface area contributed by atoms with Crippen molar-refractivity contribution in [3.8, 4) is 5.75 Å². The molecule has 0 saturated carbocycles. The van der Waals surface area contributed by atoms with Gasteiger partial charge in [0.15, 0.2) is 0 Å². The Labute approximate surface area is 137 Å². The number of carbonyl (C=O) groups excluding carboxylic acids is 1. The lowest BCUT2D eigenvalue weighted by Crippen LogP contribution is -2.37. The summed E-state index contributed by atoms with van der Waals surface area (Å²) in [4.78, 5) is 12.1. The summed E-state index contributed by atoms with van der Waals surface area (Å²) in [6.07, 6.45) is 0.747. The van der Waals surface area contributed by atoms with Crippen molar-refractivity contribution in [2.24, 2.45) is 0 Å². The van der Waals surface area contributed by atoms with Crippen molar-refractivity contribution in [1.29, 1.82) is 0 Å². The quantitative estimate of drug-likeness (QED) is 0.874. The van der Waals surface area contributed by atoms with Crippen molar-refractivity contribution in [2.45, 2.75) is 33.2 Å². The molecule has 1 unspecified atom stereocenters. The Balaban J connectivity index is 1.91. The van der Waals surface area contributed by atoms with Crippen molar-refractivity contribution >= 4 is 11.7 Å². The standard InChI is InChI=1S/C19H24N2O2/c1-13-8-14(2)10-17(9-13)21-19(22)20-15(3)11-16-6-5-7-18(12-16)23-4/h5-10,12,15H,11H2,1-4H3,(H2,20,21,22). The van der Waals surface area contributed by atoms with Crippen molar-refractivity contribution in [3.63, 3.8) is 0 Å². The smallest absolute Gasteiger partial charge is 0.319 e. The highest BCUT2D eigenvalue weighted by Crippen LogP contribution is 2.15. The van der Waals surface area contributed by atoms with Gasteiger partial charge in [-0.1, -0.05) is 18.2 Å². The average molecular weight is 312 g/mol. The first-order chi connectivity index (χ1) is 11.0. The summed E-state index contributed by atoms with van der Waals surface area (Å²) in [6, 6.07) is 13.7. The van der Waals surface area contributed by atoms with E-state index in [-0.39, 0.29) is 12.1 Å². The topological polar surface area (TPSA) is 50.4 Å². The highest BCUT2D eigenvalue weighted by Gasteiger charge is 2.09. The molecular formula is C19H24N2O2. The average Bonchev–Trinajstić information content (AvgIpc) is 2.45. The van der Waals surface area contributed by atoms with E-state index in [2.05, 4.69) is 16.7 Å². The monoisotopic (exact) mass is 312 g/mol. The summed E-state index contributed by atoms with van der Waals surface area (Å²) in [6.45, 7) is 6.02. The van der Waals surface area contributed by atoms with Crippen LogP contribution in [0.15, 0.2) is 42.5 Å². The molecule has 2 amide bonds. The molecule has 4 heteroatoms. The second-order valence-electron chi connectivity index (χ2n) is 5.93. The Morgan fingerprint density at radius 2 is 1.83 bits per heavy atom. The molecule has 2 N–H and O–H groups in total. The third kappa shape index (κ3) is 5.33. The van der Waals surface area contributed by atoms with E-state index in [1.165, 1.54) is 0 Å². The SMILES string of the molecule is COc1cccc(CC(C)NC(=O)Nc2cc(C)cc(C)c2)c1. The number of nitrogens with one attached hydrogen (secondary N) is 2. The van der Waals surface area contributed by atoms with Gasteiger partial charge in [0.2, 0.25) is 0 Å². The van der Waals surface area contributed by atoms with Crippen molar-refractivity contribution < 1.29 is 9.53 Å². The molecular weight excluding hydrogens is 288 g/mol. The number of hydrogen-bond acceptors (Lipinski definition) is 2. The van der Waals surface area contributed by atoms with Gasteiger partial charge < -0.3 is 15.4 Å². The Hall–Kier alpha value is -2.49. The maximum atomic E-state index is 12.1. The van der Waals surface area contributed by atoms with Gasteiger partial charge in [0.25, 0.3) is 0 Å². The molecule has 0 aliphatic heterocycles. The van der Waals surface area contributed by atoms with Crippen LogP contribution < -0.4 is 15.4 Å². The number of hydrogen-bond donors (Lipinski definition) is 2. The first-order valence-corrected chi connectivity index (χ1v) is 7.75. The van der Waals surface area contributed by atoms with E-state index in [0.717, 1.165) is 34.5 Å². The Morgan fingerprint density at radius 1 is 1.13 bits per heavy atom. The van der Waals surface area contributed by atoms with E-state index < -0.39 is 0 Å². The molecule has 0 heterocycles. The van der Waals surface area contributed by atoms with Crippen LogP contribution in [0.5, 0.6) is 5.75 Å². The molecule has 0 aliphatic rings. The third-order valence-electron chi connectivity index (χ3n) is 3.53. The lowest BCUT2D eigenvalue weighted by atomic mass is 10.1. The summed E-state index contributed by atoms with van der Waals surface area (Å²) in [7, 11) is 1.65.